The molecule has 9 nitrogen and oxygen atoms in total. The number of hydrogen-bond acceptors (Lipinski definition) is 4. The largest absolute Gasteiger partial charge is 0.477 e. The Morgan fingerprint density at radius 1 is 0.946 bits per heavy atom. The van der Waals surface area contributed by atoms with Gasteiger partial charge in [-0.1, -0.05) is 11.6 Å². The summed E-state index contributed by atoms with van der Waals surface area (Å²) in [6.45, 7) is 0.681. The molecule has 2 unspecified atom stereocenters. The van der Waals surface area contributed by atoms with Crippen LogP contribution in [0.2, 0.25) is 5.02 Å². The number of amides is 3. The molecule has 1 aliphatic heterocycles. The molecule has 1 aliphatic carbocycles. The van der Waals surface area contributed by atoms with Crippen LogP contribution in [0.5, 0.6) is 0 Å². The van der Waals surface area contributed by atoms with Gasteiger partial charge < -0.3 is 25.6 Å². The van der Waals surface area contributed by atoms with Crippen molar-refractivity contribution in [1.29, 1.82) is 0 Å². The van der Waals surface area contributed by atoms with Crippen LogP contribution in [0.1, 0.15) is 69.7 Å². The second-order valence-electron chi connectivity index (χ2n) is 9.51. The van der Waals surface area contributed by atoms with Crippen molar-refractivity contribution in [3.63, 3.8) is 0 Å². The molecule has 37 heavy (non-hydrogen) atoms. The van der Waals surface area contributed by atoms with E-state index in [1.807, 2.05) is 0 Å². The van der Waals surface area contributed by atoms with Gasteiger partial charge >= 0.3 is 5.97 Å². The molecule has 10 heteroatoms. The Morgan fingerprint density at radius 2 is 1.65 bits per heavy atom. The summed E-state index contributed by atoms with van der Waals surface area (Å²) in [4.78, 5) is 54.7. The third-order valence-electron chi connectivity index (χ3n) is 7.12. The SMILES string of the molecule is O=C(NC1CCCC1NC(=O)c1c(C(=O)O)[nH]c2ccc(Cl)cc12)c1ccc(N2CCCCC2=O)cc1. The number of carboxylic acid groups (broad SMARTS) is 1. The van der Waals surface area contributed by atoms with Gasteiger partial charge in [-0.3, -0.25) is 14.4 Å². The van der Waals surface area contributed by atoms with Gasteiger partial charge in [-0.2, -0.15) is 0 Å². The Labute approximate surface area is 218 Å². The molecule has 0 radical (unpaired) electrons. The minimum absolute atomic E-state index is 0.0184. The number of nitrogens with zero attached hydrogens (tertiary/aromatic N) is 1. The standard InChI is InChI=1S/C27H27ClN4O5/c28-16-9-12-19-18(14-16)23(24(29-19)27(36)37)26(35)31-21-5-3-4-20(21)30-25(34)15-7-10-17(11-8-15)32-13-2-1-6-22(32)33/h7-12,14,20-21,29H,1-6,13H2,(H,30,34)(H,31,35)(H,36,37). The zero-order valence-corrected chi connectivity index (χ0v) is 20.8. The van der Waals surface area contributed by atoms with E-state index >= 15 is 0 Å². The van der Waals surface area contributed by atoms with Crippen molar-refractivity contribution in [3.8, 4) is 0 Å². The van der Waals surface area contributed by atoms with E-state index in [9.17, 15) is 24.3 Å². The fraction of sp³-hybridized carbons (Fsp3) is 0.333. The van der Waals surface area contributed by atoms with Crippen molar-refractivity contribution >= 4 is 51.9 Å². The highest BCUT2D eigenvalue weighted by molar-refractivity contribution is 6.31. The van der Waals surface area contributed by atoms with Gasteiger partial charge in [0.1, 0.15) is 5.69 Å². The topological polar surface area (TPSA) is 132 Å². The van der Waals surface area contributed by atoms with Crippen molar-refractivity contribution in [2.24, 2.45) is 0 Å². The van der Waals surface area contributed by atoms with Gasteiger partial charge in [0.05, 0.1) is 5.56 Å². The van der Waals surface area contributed by atoms with E-state index in [1.165, 1.54) is 0 Å². The third kappa shape index (κ3) is 5.04. The van der Waals surface area contributed by atoms with Gasteiger partial charge in [-0.25, -0.2) is 4.79 Å². The quantitative estimate of drug-likeness (QED) is 0.387. The van der Waals surface area contributed by atoms with E-state index in [0.29, 0.717) is 47.3 Å². The number of hydrogen-bond donors (Lipinski definition) is 4. The molecule has 2 aliphatic rings. The molecule has 2 fully saturated rings. The predicted molar refractivity (Wildman–Crippen MR) is 139 cm³/mol. The van der Waals surface area contributed by atoms with Gasteiger partial charge in [0, 0.05) is 52.2 Å². The number of carboxylic acids is 1. The molecule has 4 N–H and O–H groups in total. The lowest BCUT2D eigenvalue weighted by atomic mass is 10.1. The zero-order valence-electron chi connectivity index (χ0n) is 20.1. The normalized spacial score (nSPS) is 19.7. The number of aromatic amines is 1. The molecule has 2 atom stereocenters. The number of aromatic nitrogens is 1. The number of aromatic carboxylic acids is 1. The average molecular weight is 523 g/mol. The average Bonchev–Trinajstić information content (AvgIpc) is 3.48. The molecule has 0 bridgehead atoms. The van der Waals surface area contributed by atoms with Crippen LogP contribution >= 0.6 is 11.6 Å². The molecular weight excluding hydrogens is 496 g/mol. The minimum atomic E-state index is -1.25. The van der Waals surface area contributed by atoms with Gasteiger partial charge in [0.2, 0.25) is 5.91 Å². The van der Waals surface area contributed by atoms with Crippen LogP contribution in [0.3, 0.4) is 0 Å². The first-order valence-electron chi connectivity index (χ1n) is 12.4. The highest BCUT2D eigenvalue weighted by Crippen LogP contribution is 2.28. The van der Waals surface area contributed by atoms with E-state index in [-0.39, 0.29) is 35.2 Å². The lowest BCUT2D eigenvalue weighted by Crippen LogP contribution is -2.48. The van der Waals surface area contributed by atoms with Crippen molar-refractivity contribution in [2.75, 3.05) is 11.4 Å². The highest BCUT2D eigenvalue weighted by atomic mass is 35.5. The molecule has 1 saturated carbocycles. The van der Waals surface area contributed by atoms with E-state index in [2.05, 4.69) is 15.6 Å². The first-order valence-corrected chi connectivity index (χ1v) is 12.8. The number of carbonyl (C=O) groups is 4. The van der Waals surface area contributed by atoms with Crippen molar-refractivity contribution in [3.05, 3.63) is 64.3 Å². The van der Waals surface area contributed by atoms with Crippen LogP contribution in [-0.4, -0.2) is 52.4 Å². The van der Waals surface area contributed by atoms with E-state index in [4.69, 9.17) is 11.6 Å². The van der Waals surface area contributed by atoms with Crippen LogP contribution < -0.4 is 15.5 Å². The summed E-state index contributed by atoms with van der Waals surface area (Å²) in [6, 6.07) is 11.1. The number of piperidine rings is 1. The Balaban J connectivity index is 1.28. The third-order valence-corrected chi connectivity index (χ3v) is 7.35. The molecule has 1 saturated heterocycles. The van der Waals surface area contributed by atoms with E-state index in [0.717, 1.165) is 24.9 Å². The number of nitrogens with one attached hydrogen (secondary N) is 3. The summed E-state index contributed by atoms with van der Waals surface area (Å²) in [5.74, 6) is -1.96. The van der Waals surface area contributed by atoms with Crippen LogP contribution in [0, 0.1) is 0 Å². The Bertz CT molecular complexity index is 1380. The fourth-order valence-corrected chi connectivity index (χ4v) is 5.40. The van der Waals surface area contributed by atoms with Crippen molar-refractivity contribution in [1.82, 2.24) is 15.6 Å². The summed E-state index contributed by atoms with van der Waals surface area (Å²) in [7, 11) is 0. The fourth-order valence-electron chi connectivity index (χ4n) is 5.23. The first kappa shape index (κ1) is 24.8. The summed E-state index contributed by atoms with van der Waals surface area (Å²) < 4.78 is 0. The molecule has 5 rings (SSSR count). The molecule has 0 spiro atoms. The maximum absolute atomic E-state index is 13.2. The van der Waals surface area contributed by atoms with Crippen LogP contribution in [-0.2, 0) is 4.79 Å². The van der Waals surface area contributed by atoms with Crippen LogP contribution in [0.15, 0.2) is 42.5 Å². The number of H-pyrrole nitrogens is 1. The van der Waals surface area contributed by atoms with Gasteiger partial charge in [-0.15, -0.1) is 0 Å². The van der Waals surface area contributed by atoms with Crippen LogP contribution in [0.4, 0.5) is 5.69 Å². The lowest BCUT2D eigenvalue weighted by Gasteiger charge is -2.27. The van der Waals surface area contributed by atoms with E-state index in [1.54, 1.807) is 47.4 Å². The Morgan fingerprint density at radius 3 is 2.32 bits per heavy atom. The van der Waals surface area contributed by atoms with Crippen LogP contribution in [0.25, 0.3) is 10.9 Å². The van der Waals surface area contributed by atoms with Gasteiger partial charge in [-0.05, 0) is 74.6 Å². The number of halogens is 1. The molecule has 2 heterocycles. The summed E-state index contributed by atoms with van der Waals surface area (Å²) >= 11 is 6.09. The Hall–Kier alpha value is -3.85. The van der Waals surface area contributed by atoms with Crippen molar-refractivity contribution in [2.45, 2.75) is 50.6 Å². The molecule has 1 aromatic heterocycles. The molecule has 192 valence electrons. The van der Waals surface area contributed by atoms with Gasteiger partial charge in [0.25, 0.3) is 11.8 Å². The summed E-state index contributed by atoms with van der Waals surface area (Å²) in [5.41, 5.74) is 1.55. The number of carbonyl (C=O) groups excluding carboxylic acids is 3. The maximum Gasteiger partial charge on any atom is 0.353 e. The summed E-state index contributed by atoms with van der Waals surface area (Å²) in [6.07, 6.45) is 4.54. The number of fused-ring (bicyclic) bond motifs is 1. The lowest BCUT2D eigenvalue weighted by molar-refractivity contribution is -0.119. The summed E-state index contributed by atoms with van der Waals surface area (Å²) in [5, 5.41) is 16.4. The number of rotatable bonds is 6. The molecule has 2 aromatic carbocycles. The Kier molecular flexibility index (Phi) is 6.88. The highest BCUT2D eigenvalue weighted by Gasteiger charge is 2.32. The molecule has 3 amide bonds. The first-order chi connectivity index (χ1) is 17.8. The second kappa shape index (κ2) is 10.3. The van der Waals surface area contributed by atoms with Crippen molar-refractivity contribution < 1.29 is 24.3 Å². The molecular formula is C27H27ClN4O5. The smallest absolute Gasteiger partial charge is 0.353 e. The second-order valence-corrected chi connectivity index (χ2v) is 9.95. The van der Waals surface area contributed by atoms with Gasteiger partial charge in [0.15, 0.2) is 0 Å². The number of anilines is 1. The minimum Gasteiger partial charge on any atom is -0.477 e. The monoisotopic (exact) mass is 522 g/mol. The number of benzene rings is 2. The predicted octanol–water partition coefficient (Wildman–Crippen LogP) is 4.12. The maximum atomic E-state index is 13.2. The zero-order chi connectivity index (χ0) is 26.1. The molecule has 3 aromatic rings. The van der Waals surface area contributed by atoms with E-state index < -0.39 is 11.9 Å².